The summed E-state index contributed by atoms with van der Waals surface area (Å²) in [6.07, 6.45) is 8.48. The van der Waals surface area contributed by atoms with E-state index in [1.54, 1.807) is 30.8 Å². The molecule has 0 atom stereocenters. The molecule has 21 heavy (non-hydrogen) atoms. The summed E-state index contributed by atoms with van der Waals surface area (Å²) < 4.78 is 7.10. The maximum atomic E-state index is 5.18. The molecule has 0 aliphatic carbocycles. The topological polar surface area (TPSA) is 72.0 Å². The van der Waals surface area contributed by atoms with Crippen molar-refractivity contribution in [1.82, 2.24) is 19.9 Å². The molecule has 3 aromatic heterocycles. The fourth-order valence-electron chi connectivity index (χ4n) is 1.69. The van der Waals surface area contributed by atoms with Gasteiger partial charge in [-0.15, -0.1) is 0 Å². The monoisotopic (exact) mass is 297 g/mol. The lowest BCUT2D eigenvalue weighted by Gasteiger charge is -1.98. The van der Waals surface area contributed by atoms with Crippen LogP contribution in [-0.2, 0) is 0 Å². The third-order valence-electron chi connectivity index (χ3n) is 2.62. The maximum Gasteiger partial charge on any atom is 0.216 e. The minimum absolute atomic E-state index is 0.401. The van der Waals surface area contributed by atoms with Crippen LogP contribution in [0.3, 0.4) is 0 Å². The minimum atomic E-state index is 0.401. The number of nitrogens with one attached hydrogen (secondary N) is 1. The smallest absolute Gasteiger partial charge is 0.216 e. The molecule has 3 rings (SSSR count). The van der Waals surface area contributed by atoms with Crippen molar-refractivity contribution in [2.24, 2.45) is 5.10 Å². The first-order valence-corrected chi connectivity index (χ1v) is 6.59. The first-order valence-electron chi connectivity index (χ1n) is 6.18. The molecule has 3 heterocycles. The summed E-state index contributed by atoms with van der Waals surface area (Å²) in [6.45, 7) is 0. The number of nitrogens with zero attached hydrogens (tertiary/aromatic N) is 4. The molecule has 3 aromatic rings. The molecule has 0 aromatic carbocycles. The third-order valence-corrected chi connectivity index (χ3v) is 2.88. The zero-order valence-electron chi connectivity index (χ0n) is 10.9. The van der Waals surface area contributed by atoms with E-state index in [2.05, 4.69) is 20.3 Å². The molecule has 6 nitrogen and oxygen atoms in total. The molecule has 0 bridgehead atoms. The summed E-state index contributed by atoms with van der Waals surface area (Å²) in [5.74, 6) is 1.31. The van der Waals surface area contributed by atoms with E-state index < -0.39 is 0 Å². The molecule has 1 N–H and O–H groups in total. The van der Waals surface area contributed by atoms with Crippen LogP contribution in [0.2, 0.25) is 0 Å². The lowest BCUT2D eigenvalue weighted by molar-refractivity contribution is 0.557. The quantitative estimate of drug-likeness (QED) is 0.593. The van der Waals surface area contributed by atoms with Crippen LogP contribution in [-0.4, -0.2) is 26.1 Å². The minimum Gasteiger partial charge on any atom is -0.465 e. The molecule has 0 unspecified atom stereocenters. The van der Waals surface area contributed by atoms with Gasteiger partial charge in [0, 0.05) is 12.4 Å². The van der Waals surface area contributed by atoms with E-state index in [4.69, 9.17) is 16.6 Å². The number of allylic oxidation sites excluding steroid dienone is 1. The molecular weight excluding hydrogens is 286 g/mol. The van der Waals surface area contributed by atoms with E-state index >= 15 is 0 Å². The van der Waals surface area contributed by atoms with Crippen LogP contribution < -0.4 is 0 Å². The number of hydrogen-bond acceptors (Lipinski definition) is 5. The predicted molar refractivity (Wildman–Crippen MR) is 82.3 cm³/mol. The van der Waals surface area contributed by atoms with Gasteiger partial charge in [-0.3, -0.25) is 4.98 Å². The standard InChI is InChI=1S/C14H11N5OS/c21-14-18-17-13(12-7-1-2-8-15-12)19(14)16-9-3-5-11-6-4-10-20-11/h1-10H,(H,18,21). The van der Waals surface area contributed by atoms with Crippen LogP contribution in [0, 0.1) is 4.77 Å². The Morgan fingerprint density at radius 3 is 3.00 bits per heavy atom. The van der Waals surface area contributed by atoms with Crippen LogP contribution in [0.1, 0.15) is 5.76 Å². The summed E-state index contributed by atoms with van der Waals surface area (Å²) in [5, 5.41) is 11.1. The van der Waals surface area contributed by atoms with Gasteiger partial charge >= 0.3 is 0 Å². The SMILES string of the molecule is S=c1[nH]nc(-c2ccccn2)n1N=CC=Cc1ccco1. The number of furan rings is 1. The Kier molecular flexibility index (Phi) is 3.83. The normalized spacial score (nSPS) is 11.6. The van der Waals surface area contributed by atoms with Crippen molar-refractivity contribution in [2.45, 2.75) is 0 Å². The fraction of sp³-hybridized carbons (Fsp3) is 0. The number of H-pyrrole nitrogens is 1. The van der Waals surface area contributed by atoms with Crippen molar-refractivity contribution < 1.29 is 4.42 Å². The molecule has 104 valence electrons. The predicted octanol–water partition coefficient (Wildman–Crippen LogP) is 3.14. The number of aromatic nitrogens is 4. The Bertz CT molecular complexity index is 815. The number of hydrogen-bond donors (Lipinski definition) is 1. The van der Waals surface area contributed by atoms with Gasteiger partial charge in [-0.1, -0.05) is 6.07 Å². The van der Waals surface area contributed by atoms with Crippen molar-refractivity contribution in [1.29, 1.82) is 0 Å². The highest BCUT2D eigenvalue weighted by Crippen LogP contribution is 2.13. The van der Waals surface area contributed by atoms with Gasteiger partial charge in [0.15, 0.2) is 0 Å². The zero-order valence-corrected chi connectivity index (χ0v) is 11.7. The molecule has 0 radical (unpaired) electrons. The molecule has 0 saturated carbocycles. The van der Waals surface area contributed by atoms with E-state index in [0.29, 0.717) is 16.3 Å². The highest BCUT2D eigenvalue weighted by atomic mass is 32.1. The molecule has 0 spiro atoms. The number of aromatic amines is 1. The van der Waals surface area contributed by atoms with Crippen molar-refractivity contribution in [2.75, 3.05) is 0 Å². The Morgan fingerprint density at radius 1 is 1.29 bits per heavy atom. The molecule has 0 saturated heterocycles. The molecule has 0 fully saturated rings. The van der Waals surface area contributed by atoms with E-state index in [9.17, 15) is 0 Å². The largest absolute Gasteiger partial charge is 0.465 e. The average Bonchev–Trinajstić information content (AvgIpc) is 3.15. The zero-order chi connectivity index (χ0) is 14.5. The molecular formula is C14H11N5OS. The lowest BCUT2D eigenvalue weighted by atomic mass is 10.3. The van der Waals surface area contributed by atoms with E-state index in [1.165, 1.54) is 4.68 Å². The van der Waals surface area contributed by atoms with Crippen LogP contribution in [0.25, 0.3) is 17.6 Å². The summed E-state index contributed by atoms with van der Waals surface area (Å²) in [4.78, 5) is 4.24. The number of pyridine rings is 1. The van der Waals surface area contributed by atoms with Gasteiger partial charge in [0.05, 0.1) is 6.26 Å². The van der Waals surface area contributed by atoms with Gasteiger partial charge in [0.25, 0.3) is 0 Å². The summed E-state index contributed by atoms with van der Waals surface area (Å²) >= 11 is 5.16. The summed E-state index contributed by atoms with van der Waals surface area (Å²) in [5.41, 5.74) is 0.692. The Hall–Kier alpha value is -2.80. The lowest BCUT2D eigenvalue weighted by Crippen LogP contribution is -1.95. The van der Waals surface area contributed by atoms with Gasteiger partial charge < -0.3 is 4.42 Å². The van der Waals surface area contributed by atoms with Gasteiger partial charge in [0.1, 0.15) is 11.5 Å². The van der Waals surface area contributed by atoms with E-state index in [-0.39, 0.29) is 0 Å². The highest BCUT2D eigenvalue weighted by Gasteiger charge is 2.07. The van der Waals surface area contributed by atoms with Gasteiger partial charge in [-0.05, 0) is 48.6 Å². The van der Waals surface area contributed by atoms with Gasteiger partial charge in [-0.25, -0.2) is 5.10 Å². The maximum absolute atomic E-state index is 5.18. The molecule has 0 amide bonds. The molecule has 0 aliphatic rings. The first kappa shape index (κ1) is 13.2. The van der Waals surface area contributed by atoms with Gasteiger partial charge in [0.2, 0.25) is 10.6 Å². The van der Waals surface area contributed by atoms with Crippen LogP contribution in [0.5, 0.6) is 0 Å². The Balaban J connectivity index is 1.86. The molecule has 0 aliphatic heterocycles. The Labute approximate surface area is 125 Å². The van der Waals surface area contributed by atoms with E-state index in [0.717, 1.165) is 5.76 Å². The van der Waals surface area contributed by atoms with Crippen molar-refractivity contribution in [3.05, 3.63) is 59.4 Å². The first-order chi connectivity index (χ1) is 10.3. The van der Waals surface area contributed by atoms with Crippen molar-refractivity contribution in [3.63, 3.8) is 0 Å². The summed E-state index contributed by atoms with van der Waals surface area (Å²) in [7, 11) is 0. The summed E-state index contributed by atoms with van der Waals surface area (Å²) in [6, 6.07) is 9.24. The third kappa shape index (κ3) is 3.03. The van der Waals surface area contributed by atoms with E-state index in [1.807, 2.05) is 30.3 Å². The fourth-order valence-corrected chi connectivity index (χ4v) is 1.87. The average molecular weight is 297 g/mol. The van der Waals surface area contributed by atoms with Gasteiger partial charge in [-0.2, -0.15) is 14.9 Å². The second kappa shape index (κ2) is 6.10. The second-order valence-corrected chi connectivity index (χ2v) is 4.40. The highest BCUT2D eigenvalue weighted by molar-refractivity contribution is 7.71. The van der Waals surface area contributed by atoms with Crippen LogP contribution >= 0.6 is 12.2 Å². The second-order valence-electron chi connectivity index (χ2n) is 4.02. The van der Waals surface area contributed by atoms with Crippen LogP contribution in [0.15, 0.2) is 58.4 Å². The molecule has 7 heteroatoms. The van der Waals surface area contributed by atoms with Crippen molar-refractivity contribution in [3.8, 4) is 11.5 Å². The van der Waals surface area contributed by atoms with Crippen molar-refractivity contribution >= 4 is 24.5 Å². The van der Waals surface area contributed by atoms with Crippen LogP contribution in [0.4, 0.5) is 0 Å². The Morgan fingerprint density at radius 2 is 2.24 bits per heavy atom. The number of rotatable bonds is 4.